The first kappa shape index (κ1) is 24.3. The van der Waals surface area contributed by atoms with E-state index in [1.165, 1.54) is 0 Å². The summed E-state index contributed by atoms with van der Waals surface area (Å²) in [6, 6.07) is 1.59. The average Bonchev–Trinajstić information content (AvgIpc) is 3.35. The molecule has 0 bridgehead atoms. The third-order valence-electron chi connectivity index (χ3n) is 4.84. The van der Waals surface area contributed by atoms with Crippen LogP contribution in [0.5, 0.6) is 0 Å². The van der Waals surface area contributed by atoms with Crippen LogP contribution in [-0.4, -0.2) is 31.1 Å². The predicted molar refractivity (Wildman–Crippen MR) is 95.5 cm³/mol. The second-order valence-corrected chi connectivity index (χ2v) is 6.82. The first-order chi connectivity index (χ1) is 11.6. The third-order valence-corrected chi connectivity index (χ3v) is 4.84. The van der Waals surface area contributed by atoms with Crippen molar-refractivity contribution in [1.29, 1.82) is 0 Å². The van der Waals surface area contributed by atoms with Gasteiger partial charge in [-0.05, 0) is 36.1 Å². The lowest BCUT2D eigenvalue weighted by molar-refractivity contribution is -0.143. The molecule has 2 aliphatic rings. The van der Waals surface area contributed by atoms with Gasteiger partial charge >= 0.3 is 12.4 Å². The average molecular weight is 439 g/mol. The van der Waals surface area contributed by atoms with Crippen LogP contribution in [0.25, 0.3) is 0 Å². The summed E-state index contributed by atoms with van der Waals surface area (Å²) in [5, 5.41) is 3.16. The van der Waals surface area contributed by atoms with Gasteiger partial charge in [-0.25, -0.2) is 0 Å². The van der Waals surface area contributed by atoms with Crippen LogP contribution in [0.2, 0.25) is 0 Å². The molecule has 2 fully saturated rings. The molecule has 1 saturated carbocycles. The SMILES string of the molecule is Cl.Cl.FC(F)(F)c1cc([C@@H](CC2CC2)N2CCNCC2)cc(C(F)(F)F)c1. The van der Waals surface area contributed by atoms with Crippen molar-refractivity contribution in [3.63, 3.8) is 0 Å². The maximum atomic E-state index is 13.1. The zero-order valence-corrected chi connectivity index (χ0v) is 16.0. The highest BCUT2D eigenvalue weighted by molar-refractivity contribution is 5.85. The number of rotatable bonds is 4. The van der Waals surface area contributed by atoms with E-state index in [4.69, 9.17) is 0 Å². The molecular weight excluding hydrogens is 417 g/mol. The fourth-order valence-electron chi connectivity index (χ4n) is 3.33. The lowest BCUT2D eigenvalue weighted by atomic mass is 9.94. The molecule has 1 N–H and O–H groups in total. The Morgan fingerprint density at radius 3 is 1.78 bits per heavy atom. The van der Waals surface area contributed by atoms with Gasteiger partial charge in [0.15, 0.2) is 0 Å². The number of hydrogen-bond donors (Lipinski definition) is 1. The molecule has 1 aromatic carbocycles. The molecule has 0 amide bonds. The summed E-state index contributed by atoms with van der Waals surface area (Å²) in [6.45, 7) is 2.61. The Morgan fingerprint density at radius 1 is 0.889 bits per heavy atom. The second kappa shape index (κ2) is 9.20. The molecule has 3 rings (SSSR count). The normalized spacial score (nSPS) is 19.8. The zero-order valence-electron chi connectivity index (χ0n) is 14.4. The first-order valence-corrected chi connectivity index (χ1v) is 8.39. The van der Waals surface area contributed by atoms with Crippen molar-refractivity contribution in [2.24, 2.45) is 5.92 Å². The summed E-state index contributed by atoms with van der Waals surface area (Å²) in [7, 11) is 0. The third kappa shape index (κ3) is 6.41. The monoisotopic (exact) mass is 438 g/mol. The standard InChI is InChI=1S/C17H20F6N2.2ClH/c18-16(19,20)13-8-12(9-14(10-13)17(21,22)23)15(7-11-1-2-11)25-5-3-24-4-6-25;;/h8-11,15,24H,1-7H2;2*1H/t15-;;/m1../s1. The lowest BCUT2D eigenvalue weighted by Gasteiger charge is -2.36. The molecule has 1 saturated heterocycles. The number of piperazine rings is 1. The minimum absolute atomic E-state index is 0. The molecule has 27 heavy (non-hydrogen) atoms. The Labute approximate surface area is 166 Å². The summed E-state index contributed by atoms with van der Waals surface area (Å²) in [6.07, 6.45) is -7.01. The van der Waals surface area contributed by atoms with Crippen LogP contribution in [-0.2, 0) is 12.4 Å². The van der Waals surface area contributed by atoms with E-state index in [2.05, 4.69) is 5.32 Å². The summed E-state index contributed by atoms with van der Waals surface area (Å²) in [4.78, 5) is 2.00. The van der Waals surface area contributed by atoms with Crippen molar-refractivity contribution in [2.75, 3.05) is 26.2 Å². The zero-order chi connectivity index (χ0) is 18.2. The van der Waals surface area contributed by atoms with Gasteiger partial charge in [0.2, 0.25) is 0 Å². The molecule has 1 aliphatic carbocycles. The van der Waals surface area contributed by atoms with Gasteiger partial charge in [-0.2, -0.15) is 26.3 Å². The minimum Gasteiger partial charge on any atom is -0.314 e. The molecule has 1 aliphatic heterocycles. The first-order valence-electron chi connectivity index (χ1n) is 8.39. The number of halogens is 8. The van der Waals surface area contributed by atoms with Gasteiger partial charge in [0.25, 0.3) is 0 Å². The van der Waals surface area contributed by atoms with Gasteiger partial charge in [-0.15, -0.1) is 24.8 Å². The Balaban J connectivity index is 0.00000182. The van der Waals surface area contributed by atoms with E-state index in [-0.39, 0.29) is 36.4 Å². The Bertz CT molecular complexity index is 578. The van der Waals surface area contributed by atoms with E-state index in [1.807, 2.05) is 4.90 Å². The molecule has 156 valence electrons. The fraction of sp³-hybridized carbons (Fsp3) is 0.647. The molecular formula is C17H22Cl2F6N2. The maximum Gasteiger partial charge on any atom is 0.416 e. The van der Waals surface area contributed by atoms with Crippen molar-refractivity contribution in [1.82, 2.24) is 10.2 Å². The van der Waals surface area contributed by atoms with Crippen molar-refractivity contribution in [2.45, 2.75) is 37.7 Å². The van der Waals surface area contributed by atoms with Crippen LogP contribution in [0.3, 0.4) is 0 Å². The van der Waals surface area contributed by atoms with E-state index in [0.717, 1.165) is 25.0 Å². The van der Waals surface area contributed by atoms with Gasteiger partial charge in [0.1, 0.15) is 0 Å². The topological polar surface area (TPSA) is 15.3 Å². The van der Waals surface area contributed by atoms with Gasteiger partial charge in [-0.1, -0.05) is 12.8 Å². The highest BCUT2D eigenvalue weighted by Crippen LogP contribution is 2.43. The second-order valence-electron chi connectivity index (χ2n) is 6.82. The molecule has 1 aromatic rings. The quantitative estimate of drug-likeness (QED) is 0.640. The number of benzene rings is 1. The fourth-order valence-corrected chi connectivity index (χ4v) is 3.33. The molecule has 10 heteroatoms. The van der Waals surface area contributed by atoms with Crippen LogP contribution in [0.4, 0.5) is 26.3 Å². The summed E-state index contributed by atoms with van der Waals surface area (Å²) < 4.78 is 78.8. The van der Waals surface area contributed by atoms with Crippen LogP contribution < -0.4 is 5.32 Å². The highest BCUT2D eigenvalue weighted by Gasteiger charge is 2.39. The van der Waals surface area contributed by atoms with Crippen molar-refractivity contribution >= 4 is 24.8 Å². The van der Waals surface area contributed by atoms with E-state index in [0.29, 0.717) is 38.5 Å². The molecule has 0 radical (unpaired) electrons. The molecule has 0 unspecified atom stereocenters. The largest absolute Gasteiger partial charge is 0.416 e. The highest BCUT2D eigenvalue weighted by atomic mass is 35.5. The van der Waals surface area contributed by atoms with E-state index in [1.54, 1.807) is 0 Å². The summed E-state index contributed by atoms with van der Waals surface area (Å²) in [5.74, 6) is 0.392. The molecule has 1 heterocycles. The maximum absolute atomic E-state index is 13.1. The number of hydrogen-bond acceptors (Lipinski definition) is 2. The van der Waals surface area contributed by atoms with Crippen LogP contribution in [0.15, 0.2) is 18.2 Å². The molecule has 0 spiro atoms. The number of alkyl halides is 6. The molecule has 0 aromatic heterocycles. The minimum atomic E-state index is -4.80. The van der Waals surface area contributed by atoms with Crippen LogP contribution in [0, 0.1) is 5.92 Å². The van der Waals surface area contributed by atoms with Crippen LogP contribution in [0.1, 0.15) is 42.0 Å². The number of nitrogens with zero attached hydrogens (tertiary/aromatic N) is 1. The van der Waals surface area contributed by atoms with Gasteiger partial charge in [-0.3, -0.25) is 4.90 Å². The Hall–Kier alpha value is -0.700. The van der Waals surface area contributed by atoms with Gasteiger partial charge in [0, 0.05) is 32.2 Å². The van der Waals surface area contributed by atoms with E-state index < -0.39 is 29.5 Å². The molecule has 2 nitrogen and oxygen atoms in total. The van der Waals surface area contributed by atoms with Crippen molar-refractivity contribution in [3.05, 3.63) is 34.9 Å². The molecule has 1 atom stereocenters. The van der Waals surface area contributed by atoms with E-state index in [9.17, 15) is 26.3 Å². The van der Waals surface area contributed by atoms with Gasteiger partial charge < -0.3 is 5.32 Å². The van der Waals surface area contributed by atoms with Crippen LogP contribution >= 0.6 is 24.8 Å². The smallest absolute Gasteiger partial charge is 0.314 e. The lowest BCUT2D eigenvalue weighted by Crippen LogP contribution is -2.45. The van der Waals surface area contributed by atoms with Gasteiger partial charge in [0.05, 0.1) is 11.1 Å². The van der Waals surface area contributed by atoms with E-state index >= 15 is 0 Å². The Morgan fingerprint density at radius 2 is 1.37 bits per heavy atom. The summed E-state index contributed by atoms with van der Waals surface area (Å²) in [5.41, 5.74) is -2.34. The van der Waals surface area contributed by atoms with Crippen molar-refractivity contribution < 1.29 is 26.3 Å². The Kier molecular flexibility index (Phi) is 8.29. The van der Waals surface area contributed by atoms with Crippen molar-refractivity contribution in [3.8, 4) is 0 Å². The predicted octanol–water partition coefficient (Wildman–Crippen LogP) is 5.31. The number of nitrogens with one attached hydrogen (secondary N) is 1. The summed E-state index contributed by atoms with van der Waals surface area (Å²) >= 11 is 0.